The van der Waals surface area contributed by atoms with Crippen molar-refractivity contribution < 1.29 is 4.42 Å². The smallest absolute Gasteiger partial charge is 0.297 e. The lowest BCUT2D eigenvalue weighted by Crippen LogP contribution is -2.61. The van der Waals surface area contributed by atoms with E-state index >= 15 is 0 Å². The highest BCUT2D eigenvalue weighted by atomic mass is 16.3. The molecule has 0 fully saturated rings. The third-order valence-corrected chi connectivity index (χ3v) is 16.7. The quantitative estimate of drug-likeness (QED) is 0.160. The average molecular weight is 962 g/mol. The Kier molecular flexibility index (Phi) is 11.0. The van der Waals surface area contributed by atoms with E-state index in [2.05, 4.69) is 271 Å². The lowest BCUT2D eigenvalue weighted by Gasteiger charge is -2.44. The number of anilines is 9. The summed E-state index contributed by atoms with van der Waals surface area (Å²) in [5.41, 5.74) is 22.5. The molecular formula is C68H76BN3O. The molecule has 0 saturated carbocycles. The first-order valence-electron chi connectivity index (χ1n) is 26.9. The fourth-order valence-electron chi connectivity index (χ4n) is 12.0. The van der Waals surface area contributed by atoms with E-state index in [4.69, 9.17) is 4.42 Å². The summed E-state index contributed by atoms with van der Waals surface area (Å²) < 4.78 is 7.67. The number of hydrogen-bond donors (Lipinski definition) is 0. The summed E-state index contributed by atoms with van der Waals surface area (Å²) in [6.45, 7) is 37.6. The molecule has 73 heavy (non-hydrogen) atoms. The monoisotopic (exact) mass is 962 g/mol. The van der Waals surface area contributed by atoms with Gasteiger partial charge < -0.3 is 19.1 Å². The Morgan fingerprint density at radius 2 is 0.945 bits per heavy atom. The van der Waals surface area contributed by atoms with Gasteiger partial charge in [0.05, 0.1) is 17.0 Å². The van der Waals surface area contributed by atoms with Gasteiger partial charge in [-0.1, -0.05) is 178 Å². The summed E-state index contributed by atoms with van der Waals surface area (Å²) in [4.78, 5) is 7.65. The Bertz CT molecular complexity index is 3370. The number of nitrogens with zero attached hydrogens (tertiary/aromatic N) is 3. The maximum absolute atomic E-state index is 7.67. The zero-order valence-corrected chi connectivity index (χ0v) is 46.6. The predicted octanol–water partition coefficient (Wildman–Crippen LogP) is 17.5. The second-order valence-corrected chi connectivity index (χ2v) is 27.1. The van der Waals surface area contributed by atoms with Crippen molar-refractivity contribution in [3.63, 3.8) is 0 Å². The molecule has 0 spiro atoms. The van der Waals surface area contributed by atoms with Gasteiger partial charge >= 0.3 is 0 Å². The largest absolute Gasteiger partial charge is 0.468 e. The Hall–Kier alpha value is -6.46. The normalized spacial score (nSPS) is 16.0. The Morgan fingerprint density at radius 3 is 1.47 bits per heavy atom. The maximum Gasteiger partial charge on any atom is 0.297 e. The van der Waals surface area contributed by atoms with Crippen LogP contribution in [0.2, 0.25) is 0 Å². The molecule has 0 unspecified atom stereocenters. The molecule has 0 amide bonds. The fourth-order valence-corrected chi connectivity index (χ4v) is 12.0. The topological polar surface area (TPSA) is 22.9 Å². The molecule has 0 N–H and O–H groups in total. The van der Waals surface area contributed by atoms with E-state index in [-0.39, 0.29) is 39.2 Å². The van der Waals surface area contributed by atoms with Crippen LogP contribution in [0.4, 0.5) is 51.2 Å². The summed E-state index contributed by atoms with van der Waals surface area (Å²) in [7, 11) is 0. The van der Waals surface area contributed by atoms with Crippen molar-refractivity contribution in [2.75, 3.05) is 14.7 Å². The molecule has 372 valence electrons. The van der Waals surface area contributed by atoms with Gasteiger partial charge in [0, 0.05) is 45.2 Å². The molecule has 0 saturated heterocycles. The van der Waals surface area contributed by atoms with Crippen LogP contribution in [0.5, 0.6) is 0 Å². The van der Waals surface area contributed by atoms with E-state index in [0.29, 0.717) is 0 Å². The van der Waals surface area contributed by atoms with Crippen molar-refractivity contribution in [3.05, 3.63) is 179 Å². The second-order valence-electron chi connectivity index (χ2n) is 27.1. The molecule has 8 aromatic rings. The van der Waals surface area contributed by atoms with Crippen LogP contribution in [0.25, 0.3) is 11.0 Å². The zero-order chi connectivity index (χ0) is 51.9. The van der Waals surface area contributed by atoms with Crippen LogP contribution in [0.3, 0.4) is 0 Å². The van der Waals surface area contributed by atoms with Crippen molar-refractivity contribution in [3.8, 4) is 0 Å². The Morgan fingerprint density at radius 1 is 0.452 bits per heavy atom. The molecule has 5 heteroatoms. The Balaban J connectivity index is 1.33. The van der Waals surface area contributed by atoms with Gasteiger partial charge in [-0.2, -0.15) is 0 Å². The fraction of sp³-hybridized carbons (Fsp3) is 0.353. The van der Waals surface area contributed by atoms with E-state index in [9.17, 15) is 0 Å². The van der Waals surface area contributed by atoms with Gasteiger partial charge in [-0.3, -0.25) is 0 Å². The Labute approximate surface area is 437 Å². The number of fused-ring (bicyclic) bond motifs is 7. The first-order chi connectivity index (χ1) is 34.2. The first-order valence-corrected chi connectivity index (χ1v) is 26.9. The minimum atomic E-state index is -0.195. The highest BCUT2D eigenvalue weighted by Crippen LogP contribution is 2.53. The van der Waals surface area contributed by atoms with E-state index in [1.54, 1.807) is 0 Å². The van der Waals surface area contributed by atoms with Crippen LogP contribution in [0.15, 0.2) is 150 Å². The molecular weight excluding hydrogens is 886 g/mol. The molecule has 0 radical (unpaired) electrons. The van der Waals surface area contributed by atoms with Gasteiger partial charge in [0.1, 0.15) is 5.58 Å². The van der Waals surface area contributed by atoms with E-state index < -0.39 is 0 Å². The molecule has 0 atom stereocenters. The number of benzene rings is 7. The third kappa shape index (κ3) is 8.21. The van der Waals surface area contributed by atoms with Crippen molar-refractivity contribution in [2.45, 2.75) is 156 Å². The van der Waals surface area contributed by atoms with Crippen molar-refractivity contribution >= 4 is 85.5 Å². The molecule has 3 heterocycles. The number of furan rings is 1. The average Bonchev–Trinajstić information content (AvgIpc) is 3.70. The molecule has 11 rings (SSSR count). The molecule has 4 nitrogen and oxygen atoms in total. The van der Waals surface area contributed by atoms with E-state index in [0.717, 1.165) is 63.9 Å². The first kappa shape index (κ1) is 48.8. The number of hydrogen-bond acceptors (Lipinski definition) is 4. The molecule has 1 aromatic heterocycles. The van der Waals surface area contributed by atoms with Gasteiger partial charge in [-0.15, -0.1) is 0 Å². The van der Waals surface area contributed by atoms with Crippen LogP contribution in [0, 0.1) is 0 Å². The molecule has 7 aromatic carbocycles. The summed E-state index contributed by atoms with van der Waals surface area (Å²) >= 11 is 0. The van der Waals surface area contributed by atoms with Gasteiger partial charge in [-0.05, 0) is 169 Å². The zero-order valence-electron chi connectivity index (χ0n) is 46.6. The number of para-hydroxylation sites is 2. The minimum Gasteiger partial charge on any atom is -0.468 e. The lowest BCUT2D eigenvalue weighted by molar-refractivity contribution is 0.332. The standard InChI is InChI=1S/C68H76BN3O/c1-63(2,3)43-27-30-49(31-28-43)72-58-40-51(70(47-23-19-17-20-24-47)48-25-21-18-22-26-48)39-57-60(58)69(62-61(72)52-41-53-54(42-59(52)73-62)68(15,16)34-33-67(53,13)14)55-32-29-44(64(4,5)6)38-56(55)71(57)50-36-45(65(7,8)9)35-46(37-50)66(10,11)12/h17-32,35-42H,33-34H2,1-16H3. The predicted molar refractivity (Wildman–Crippen MR) is 315 cm³/mol. The molecule has 1 aliphatic carbocycles. The number of rotatable bonds is 5. The maximum atomic E-state index is 7.67. The third-order valence-electron chi connectivity index (χ3n) is 16.7. The van der Waals surface area contributed by atoms with Crippen LogP contribution >= 0.6 is 0 Å². The highest BCUT2D eigenvalue weighted by Gasteiger charge is 2.49. The summed E-state index contributed by atoms with van der Waals surface area (Å²) in [5, 5.41) is 1.17. The molecule has 3 aliphatic rings. The van der Waals surface area contributed by atoms with E-state index in [1.165, 1.54) is 61.1 Å². The summed E-state index contributed by atoms with van der Waals surface area (Å²) in [6.07, 6.45) is 2.27. The highest BCUT2D eigenvalue weighted by molar-refractivity contribution is 7.00. The lowest BCUT2D eigenvalue weighted by atomic mass is 9.35. The van der Waals surface area contributed by atoms with Crippen molar-refractivity contribution in [2.24, 2.45) is 0 Å². The van der Waals surface area contributed by atoms with Gasteiger partial charge in [0.2, 0.25) is 0 Å². The minimum absolute atomic E-state index is 0.00889. The van der Waals surface area contributed by atoms with Crippen molar-refractivity contribution in [1.82, 2.24) is 0 Å². The van der Waals surface area contributed by atoms with Gasteiger partial charge in [-0.25, -0.2) is 0 Å². The van der Waals surface area contributed by atoms with Crippen LogP contribution in [-0.2, 0) is 32.5 Å². The summed E-state index contributed by atoms with van der Waals surface area (Å²) in [6, 6.07) is 55.9. The summed E-state index contributed by atoms with van der Waals surface area (Å²) in [5.74, 6) is 0. The molecule has 0 bridgehead atoms. The van der Waals surface area contributed by atoms with Crippen LogP contribution in [0.1, 0.15) is 157 Å². The van der Waals surface area contributed by atoms with Crippen LogP contribution < -0.4 is 31.3 Å². The van der Waals surface area contributed by atoms with Crippen LogP contribution in [-0.4, -0.2) is 6.71 Å². The van der Waals surface area contributed by atoms with Gasteiger partial charge in [0.25, 0.3) is 6.71 Å². The SMILES string of the molecule is CC(C)(C)c1ccc(N2c3cc(N(c4ccccc4)c4ccccc4)cc4c3B(c3ccc(C(C)(C)C)cc3N4c3cc(C(C)(C)C)cc(C(C)(C)C)c3)c3oc4cc5c(cc4c32)C(C)(C)CCC5(C)C)cc1. The van der Waals surface area contributed by atoms with Crippen molar-refractivity contribution in [1.29, 1.82) is 0 Å². The molecule has 2 aliphatic heterocycles. The van der Waals surface area contributed by atoms with Gasteiger partial charge in [0.15, 0.2) is 0 Å². The second kappa shape index (κ2) is 16.5. The van der Waals surface area contributed by atoms with E-state index in [1.807, 2.05) is 0 Å².